The van der Waals surface area contributed by atoms with Crippen LogP contribution in [0.3, 0.4) is 0 Å². The van der Waals surface area contributed by atoms with E-state index in [0.29, 0.717) is 35.6 Å². The highest BCUT2D eigenvalue weighted by Gasteiger charge is 2.20. The van der Waals surface area contributed by atoms with Crippen LogP contribution in [-0.4, -0.2) is 51.1 Å². The number of rotatable bonds is 12. The van der Waals surface area contributed by atoms with Crippen LogP contribution >= 0.6 is 11.6 Å². The molecule has 0 aliphatic heterocycles. The molecule has 0 atom stereocenters. The van der Waals surface area contributed by atoms with E-state index in [1.807, 2.05) is 18.6 Å². The van der Waals surface area contributed by atoms with Gasteiger partial charge in [-0.1, -0.05) is 37.6 Å². The van der Waals surface area contributed by atoms with Crippen LogP contribution < -0.4 is 19.5 Å². The number of carbonyl (C=O) groups is 3. The molecular weight excluding hydrogens is 574 g/mol. The van der Waals surface area contributed by atoms with E-state index in [4.69, 9.17) is 25.8 Å². The zero-order chi connectivity index (χ0) is 30.0. The Morgan fingerprint density at radius 1 is 1.00 bits per heavy atom. The predicted octanol–water partition coefficient (Wildman–Crippen LogP) is 4.54. The summed E-state index contributed by atoms with van der Waals surface area (Å²) in [5.74, 6) is -1.05. The minimum atomic E-state index is -4.23. The van der Waals surface area contributed by atoms with Crippen LogP contribution in [-0.2, 0) is 21.2 Å². The lowest BCUT2D eigenvalue weighted by Crippen LogP contribution is -2.31. The second kappa shape index (κ2) is 14.5. The molecule has 11 nitrogen and oxygen atoms in total. The fraction of sp³-hybridized carbons (Fsp3) is 0.286. The van der Waals surface area contributed by atoms with Gasteiger partial charge in [0.2, 0.25) is 5.88 Å². The number of ether oxygens (including phenoxy) is 3. The number of nitrogens with one attached hydrogen (secondary N) is 2. The van der Waals surface area contributed by atoms with Crippen molar-refractivity contribution in [2.75, 3.05) is 13.7 Å². The number of methoxy groups -OCH3 is 1. The van der Waals surface area contributed by atoms with E-state index in [2.05, 4.69) is 10.3 Å². The minimum absolute atomic E-state index is 0.0652. The van der Waals surface area contributed by atoms with Gasteiger partial charge in [0.05, 0.1) is 23.1 Å². The second-order valence-corrected chi connectivity index (χ2v) is 10.8. The molecule has 0 radical (unpaired) electrons. The molecule has 3 aromatic rings. The summed E-state index contributed by atoms with van der Waals surface area (Å²) in [6.07, 6.45) is 1.45. The highest BCUT2D eigenvalue weighted by molar-refractivity contribution is 7.90. The number of nitrogens with zero attached hydrogens (tertiary/aromatic N) is 1. The number of halogens is 1. The lowest BCUT2D eigenvalue weighted by atomic mass is 10.1. The van der Waals surface area contributed by atoms with Crippen LogP contribution in [0.15, 0.2) is 65.7 Å². The Morgan fingerprint density at radius 2 is 1.76 bits per heavy atom. The van der Waals surface area contributed by atoms with Crippen LogP contribution in [0, 0.1) is 0 Å². The quantitative estimate of drug-likeness (QED) is 0.284. The van der Waals surface area contributed by atoms with Gasteiger partial charge >= 0.3 is 6.16 Å². The average molecular weight is 604 g/mol. The number of carbonyl (C=O) groups excluding carboxylic acids is 3. The Balaban J connectivity index is 1.58. The minimum Gasteiger partial charge on any atom is -0.496 e. The van der Waals surface area contributed by atoms with Crippen molar-refractivity contribution in [2.24, 2.45) is 0 Å². The van der Waals surface area contributed by atoms with Gasteiger partial charge in [-0.05, 0) is 61.2 Å². The number of benzene rings is 2. The van der Waals surface area contributed by atoms with E-state index in [-0.39, 0.29) is 34.6 Å². The van der Waals surface area contributed by atoms with E-state index in [9.17, 15) is 22.8 Å². The molecular formula is C28H30ClN3O8S. The first kappa shape index (κ1) is 31.4. The van der Waals surface area contributed by atoms with E-state index >= 15 is 0 Å². The van der Waals surface area contributed by atoms with Gasteiger partial charge in [0.1, 0.15) is 11.9 Å². The number of hydrogen-bond acceptors (Lipinski definition) is 9. The van der Waals surface area contributed by atoms with Crippen LogP contribution in [0.25, 0.3) is 0 Å². The van der Waals surface area contributed by atoms with Crippen molar-refractivity contribution in [3.05, 3.63) is 82.5 Å². The maximum atomic E-state index is 12.9. The lowest BCUT2D eigenvalue weighted by molar-refractivity contribution is 0.0538. The third kappa shape index (κ3) is 8.92. The third-order valence-electron chi connectivity index (χ3n) is 5.90. The third-order valence-corrected chi connectivity index (χ3v) is 7.46. The monoisotopic (exact) mass is 603 g/mol. The molecule has 0 aliphatic rings. The van der Waals surface area contributed by atoms with Crippen LogP contribution in [0.1, 0.15) is 53.0 Å². The average Bonchev–Trinajstić information content (AvgIpc) is 2.96. The predicted molar refractivity (Wildman–Crippen MR) is 151 cm³/mol. The zero-order valence-corrected chi connectivity index (χ0v) is 24.3. The van der Waals surface area contributed by atoms with Crippen molar-refractivity contribution >= 4 is 39.6 Å². The molecule has 2 amide bonds. The number of hydrogen-bond donors (Lipinski definition) is 2. The van der Waals surface area contributed by atoms with Crippen molar-refractivity contribution in [3.63, 3.8) is 0 Å². The first-order chi connectivity index (χ1) is 19.6. The van der Waals surface area contributed by atoms with E-state index in [1.165, 1.54) is 43.5 Å². The molecule has 13 heteroatoms. The van der Waals surface area contributed by atoms with Crippen molar-refractivity contribution in [3.8, 4) is 11.6 Å². The van der Waals surface area contributed by atoms with Crippen LogP contribution in [0.5, 0.6) is 11.6 Å². The Bertz CT molecular complexity index is 1490. The molecule has 3 rings (SSSR count). The molecule has 218 valence electrons. The zero-order valence-electron chi connectivity index (χ0n) is 22.7. The number of pyridine rings is 1. The number of aromatic nitrogens is 1. The summed E-state index contributed by atoms with van der Waals surface area (Å²) < 4.78 is 43.1. The molecule has 0 bridgehead atoms. The van der Waals surface area contributed by atoms with E-state index in [0.717, 1.165) is 6.20 Å². The molecule has 1 aromatic heterocycles. The largest absolute Gasteiger partial charge is 0.515 e. The molecule has 2 aromatic carbocycles. The Hall–Kier alpha value is -4.16. The van der Waals surface area contributed by atoms with E-state index < -0.39 is 28.0 Å². The molecule has 1 heterocycles. The summed E-state index contributed by atoms with van der Waals surface area (Å²) in [7, 11) is -2.78. The van der Waals surface area contributed by atoms with Gasteiger partial charge in [0, 0.05) is 23.8 Å². The highest BCUT2D eigenvalue weighted by Crippen LogP contribution is 2.22. The maximum absolute atomic E-state index is 12.9. The number of sulfonamides is 1. The fourth-order valence-electron chi connectivity index (χ4n) is 3.66. The van der Waals surface area contributed by atoms with Gasteiger partial charge in [-0.3, -0.25) is 9.59 Å². The van der Waals surface area contributed by atoms with Crippen molar-refractivity contribution < 1.29 is 37.0 Å². The molecule has 41 heavy (non-hydrogen) atoms. The van der Waals surface area contributed by atoms with Crippen molar-refractivity contribution in [2.45, 2.75) is 44.1 Å². The molecule has 0 aliphatic carbocycles. The van der Waals surface area contributed by atoms with Crippen molar-refractivity contribution in [1.29, 1.82) is 0 Å². The van der Waals surface area contributed by atoms with Gasteiger partial charge in [-0.25, -0.2) is 22.9 Å². The van der Waals surface area contributed by atoms with Gasteiger partial charge in [0.25, 0.3) is 21.8 Å². The van der Waals surface area contributed by atoms with Gasteiger partial charge in [0.15, 0.2) is 0 Å². The summed E-state index contributed by atoms with van der Waals surface area (Å²) >= 11 is 5.98. The molecule has 0 saturated heterocycles. The summed E-state index contributed by atoms with van der Waals surface area (Å²) in [5.41, 5.74) is 0.821. The summed E-state index contributed by atoms with van der Waals surface area (Å²) in [5, 5.41) is 3.13. The Kier molecular flexibility index (Phi) is 11.1. The van der Waals surface area contributed by atoms with E-state index in [1.54, 1.807) is 18.2 Å². The van der Waals surface area contributed by atoms with Crippen molar-refractivity contribution in [1.82, 2.24) is 15.0 Å². The molecule has 2 N–H and O–H groups in total. The SMILES string of the molecule is CCC(CC)OC(=O)Oc1ccc(C(=O)NS(=O)(=O)c2cccc(CCNC(=O)c3cc(Cl)ccc3OC)c2)cn1. The Morgan fingerprint density at radius 3 is 2.41 bits per heavy atom. The molecule has 0 unspecified atom stereocenters. The summed E-state index contributed by atoms with van der Waals surface area (Å²) in [4.78, 5) is 40.8. The summed E-state index contributed by atoms with van der Waals surface area (Å²) in [6, 6.07) is 13.2. The molecule has 0 fully saturated rings. The standard InChI is InChI=1S/C28H30ClN3O8S/c1-4-21(5-2)39-28(35)40-25-12-9-19(17-31-25)26(33)32-41(36,37)22-8-6-7-18(15-22)13-14-30-27(34)23-16-20(29)10-11-24(23)38-3/h6-12,15-17,21H,4-5,13-14H2,1-3H3,(H,30,34)(H,32,33). The number of amides is 2. The smallest absolute Gasteiger partial charge is 0.496 e. The van der Waals surface area contributed by atoms with Crippen LogP contribution in [0.2, 0.25) is 5.02 Å². The van der Waals surface area contributed by atoms with Gasteiger partial charge in [-0.15, -0.1) is 0 Å². The van der Waals surface area contributed by atoms with Gasteiger partial charge in [-0.2, -0.15) is 0 Å². The molecule has 0 spiro atoms. The highest BCUT2D eigenvalue weighted by atomic mass is 35.5. The topological polar surface area (TPSA) is 150 Å². The normalized spacial score (nSPS) is 11.0. The first-order valence-corrected chi connectivity index (χ1v) is 14.5. The maximum Gasteiger partial charge on any atom is 0.515 e. The van der Waals surface area contributed by atoms with Crippen LogP contribution in [0.4, 0.5) is 4.79 Å². The van der Waals surface area contributed by atoms with Gasteiger partial charge < -0.3 is 19.5 Å². The lowest BCUT2D eigenvalue weighted by Gasteiger charge is -2.13. The summed E-state index contributed by atoms with van der Waals surface area (Å²) in [6.45, 7) is 3.95. The molecule has 0 saturated carbocycles. The first-order valence-electron chi connectivity index (χ1n) is 12.7. The fourth-order valence-corrected chi connectivity index (χ4v) is 4.87. The second-order valence-electron chi connectivity index (χ2n) is 8.73. The Labute approximate surface area is 243 Å².